The summed E-state index contributed by atoms with van der Waals surface area (Å²) < 4.78 is 33.7. The van der Waals surface area contributed by atoms with Crippen molar-refractivity contribution in [3.05, 3.63) is 87.9 Å². The van der Waals surface area contributed by atoms with Crippen LogP contribution in [0.3, 0.4) is 0 Å². The van der Waals surface area contributed by atoms with Crippen molar-refractivity contribution >= 4 is 44.8 Å². The van der Waals surface area contributed by atoms with Crippen LogP contribution in [0.2, 0.25) is 10.0 Å². The van der Waals surface area contributed by atoms with Gasteiger partial charge < -0.3 is 10.1 Å². The molecule has 0 radical (unpaired) electrons. The van der Waals surface area contributed by atoms with Crippen LogP contribution in [0.25, 0.3) is 0 Å². The molecule has 3 rings (SSSR count). The van der Waals surface area contributed by atoms with Gasteiger partial charge in [-0.05, 0) is 62.7 Å². The normalized spacial score (nSPS) is 12.1. The zero-order valence-electron chi connectivity index (χ0n) is 19.1. The molecular formula is C25H26Cl2N2O4S. The van der Waals surface area contributed by atoms with Crippen LogP contribution in [0.15, 0.2) is 71.6 Å². The van der Waals surface area contributed by atoms with Gasteiger partial charge >= 0.3 is 0 Å². The fraction of sp³-hybridized carbons (Fsp3) is 0.240. The van der Waals surface area contributed by atoms with E-state index in [1.165, 1.54) is 30.3 Å². The minimum atomic E-state index is -4.07. The SMILES string of the molecule is Cc1ccc(S(=O)(=O)N(CC(=O)NC(C)COc2ccccc2C)c2cc(Cl)cc(Cl)c2)cc1. The molecule has 0 saturated heterocycles. The van der Waals surface area contributed by atoms with Gasteiger partial charge in [0.25, 0.3) is 10.0 Å². The van der Waals surface area contributed by atoms with Crippen LogP contribution in [-0.4, -0.2) is 33.5 Å². The summed E-state index contributed by atoms with van der Waals surface area (Å²) in [6.45, 7) is 5.35. The molecule has 3 aromatic carbocycles. The molecule has 9 heteroatoms. The lowest BCUT2D eigenvalue weighted by Gasteiger charge is -2.25. The first-order valence-electron chi connectivity index (χ1n) is 10.6. The molecule has 0 fully saturated rings. The Hall–Kier alpha value is -2.74. The quantitative estimate of drug-likeness (QED) is 0.410. The molecule has 0 bridgehead atoms. The number of halogens is 2. The van der Waals surface area contributed by atoms with Crippen molar-refractivity contribution in [2.24, 2.45) is 0 Å². The Labute approximate surface area is 210 Å². The van der Waals surface area contributed by atoms with Crippen molar-refractivity contribution in [1.82, 2.24) is 5.32 Å². The van der Waals surface area contributed by atoms with Crippen LogP contribution in [0.5, 0.6) is 5.75 Å². The highest BCUT2D eigenvalue weighted by atomic mass is 35.5. The van der Waals surface area contributed by atoms with Gasteiger partial charge in [-0.2, -0.15) is 0 Å². The largest absolute Gasteiger partial charge is 0.491 e. The molecule has 34 heavy (non-hydrogen) atoms. The maximum absolute atomic E-state index is 13.5. The number of hydrogen-bond donors (Lipinski definition) is 1. The molecule has 0 aliphatic carbocycles. The van der Waals surface area contributed by atoms with Gasteiger partial charge in [-0.3, -0.25) is 9.10 Å². The van der Waals surface area contributed by atoms with Crippen molar-refractivity contribution in [3.63, 3.8) is 0 Å². The number of amides is 1. The Kier molecular flexibility index (Phi) is 8.47. The number of benzene rings is 3. The highest BCUT2D eigenvalue weighted by Gasteiger charge is 2.28. The van der Waals surface area contributed by atoms with Crippen molar-refractivity contribution in [2.45, 2.75) is 31.7 Å². The number of nitrogens with zero attached hydrogens (tertiary/aromatic N) is 1. The summed E-state index contributed by atoms with van der Waals surface area (Å²) >= 11 is 12.2. The molecule has 0 spiro atoms. The van der Waals surface area contributed by atoms with E-state index in [0.29, 0.717) is 0 Å². The molecule has 1 N–H and O–H groups in total. The van der Waals surface area contributed by atoms with E-state index in [0.717, 1.165) is 21.2 Å². The maximum atomic E-state index is 13.5. The van der Waals surface area contributed by atoms with Gasteiger partial charge in [-0.25, -0.2) is 8.42 Å². The van der Waals surface area contributed by atoms with Gasteiger partial charge in [0.1, 0.15) is 18.9 Å². The second-order valence-electron chi connectivity index (χ2n) is 8.00. The lowest BCUT2D eigenvalue weighted by atomic mass is 10.2. The predicted octanol–water partition coefficient (Wildman–Crippen LogP) is 5.39. The summed E-state index contributed by atoms with van der Waals surface area (Å²) in [7, 11) is -4.07. The molecule has 0 saturated carbocycles. The monoisotopic (exact) mass is 520 g/mol. The average molecular weight is 521 g/mol. The Morgan fingerprint density at radius 1 is 1.00 bits per heavy atom. The van der Waals surface area contributed by atoms with Crippen molar-refractivity contribution in [3.8, 4) is 5.75 Å². The number of anilines is 1. The first-order chi connectivity index (χ1) is 16.1. The summed E-state index contributed by atoms with van der Waals surface area (Å²) in [5, 5.41) is 3.31. The van der Waals surface area contributed by atoms with Crippen LogP contribution in [0.4, 0.5) is 5.69 Å². The standard InChI is InChI=1S/C25H26Cl2N2O4S/c1-17-8-10-23(11-9-17)34(31,32)29(22-13-20(26)12-21(27)14-22)15-25(30)28-19(3)16-33-24-7-5-4-6-18(24)2/h4-14,19H,15-16H2,1-3H3,(H,28,30). The third-order valence-corrected chi connectivity index (χ3v) is 7.25. The summed E-state index contributed by atoms with van der Waals surface area (Å²) in [6, 6.07) is 18.0. The highest BCUT2D eigenvalue weighted by molar-refractivity contribution is 7.92. The van der Waals surface area contributed by atoms with E-state index in [9.17, 15) is 13.2 Å². The van der Waals surface area contributed by atoms with Crippen LogP contribution in [0, 0.1) is 13.8 Å². The number of rotatable bonds is 9. The third-order valence-electron chi connectivity index (χ3n) is 5.02. The topological polar surface area (TPSA) is 75.7 Å². The minimum Gasteiger partial charge on any atom is -0.491 e. The van der Waals surface area contributed by atoms with Gasteiger partial charge in [0.05, 0.1) is 16.6 Å². The number of hydrogen-bond acceptors (Lipinski definition) is 4. The molecule has 0 aliphatic rings. The van der Waals surface area contributed by atoms with Crippen molar-refractivity contribution in [2.75, 3.05) is 17.5 Å². The Morgan fingerprint density at radius 3 is 2.24 bits per heavy atom. The van der Waals surface area contributed by atoms with E-state index >= 15 is 0 Å². The molecule has 0 aromatic heterocycles. The first kappa shape index (κ1) is 25.9. The molecule has 6 nitrogen and oxygen atoms in total. The Morgan fingerprint density at radius 2 is 1.62 bits per heavy atom. The van der Waals surface area contributed by atoms with Gasteiger partial charge in [0.15, 0.2) is 0 Å². The van der Waals surface area contributed by atoms with Crippen molar-refractivity contribution in [1.29, 1.82) is 0 Å². The van der Waals surface area contributed by atoms with Crippen LogP contribution >= 0.6 is 23.2 Å². The fourth-order valence-electron chi connectivity index (χ4n) is 3.26. The molecule has 3 aromatic rings. The number of para-hydroxylation sites is 1. The molecule has 180 valence electrons. The van der Waals surface area contributed by atoms with E-state index in [2.05, 4.69) is 5.32 Å². The Bertz CT molecular complexity index is 1240. The number of nitrogens with one attached hydrogen (secondary N) is 1. The maximum Gasteiger partial charge on any atom is 0.264 e. The van der Waals surface area contributed by atoms with Gasteiger partial charge in [-0.1, -0.05) is 59.1 Å². The zero-order valence-corrected chi connectivity index (χ0v) is 21.4. The number of sulfonamides is 1. The van der Waals surface area contributed by atoms with Crippen LogP contribution < -0.4 is 14.4 Å². The van der Waals surface area contributed by atoms with E-state index in [-0.39, 0.29) is 33.3 Å². The summed E-state index contributed by atoms with van der Waals surface area (Å²) in [4.78, 5) is 12.9. The minimum absolute atomic E-state index is 0.0536. The molecule has 0 aliphatic heterocycles. The number of carbonyl (C=O) groups is 1. The van der Waals surface area contributed by atoms with E-state index in [1.54, 1.807) is 19.1 Å². The van der Waals surface area contributed by atoms with Gasteiger partial charge in [0.2, 0.25) is 5.91 Å². The lowest BCUT2D eigenvalue weighted by Crippen LogP contribution is -2.45. The van der Waals surface area contributed by atoms with E-state index in [4.69, 9.17) is 27.9 Å². The van der Waals surface area contributed by atoms with Gasteiger partial charge in [0, 0.05) is 10.0 Å². The van der Waals surface area contributed by atoms with Crippen LogP contribution in [-0.2, 0) is 14.8 Å². The molecule has 1 unspecified atom stereocenters. The molecule has 1 atom stereocenters. The highest BCUT2D eigenvalue weighted by Crippen LogP contribution is 2.29. The summed E-state index contributed by atoms with van der Waals surface area (Å²) in [6.07, 6.45) is 0. The van der Waals surface area contributed by atoms with Crippen LogP contribution in [0.1, 0.15) is 18.1 Å². The lowest BCUT2D eigenvalue weighted by molar-refractivity contribution is -0.120. The van der Waals surface area contributed by atoms with Crippen molar-refractivity contribution < 1.29 is 17.9 Å². The van der Waals surface area contributed by atoms with E-state index < -0.39 is 22.5 Å². The number of aryl methyl sites for hydroxylation is 2. The second-order valence-corrected chi connectivity index (χ2v) is 10.7. The molecule has 1 amide bonds. The fourth-order valence-corrected chi connectivity index (χ4v) is 5.18. The first-order valence-corrected chi connectivity index (χ1v) is 12.8. The molecule has 0 heterocycles. The zero-order chi connectivity index (χ0) is 24.9. The van der Waals surface area contributed by atoms with Gasteiger partial charge in [-0.15, -0.1) is 0 Å². The second kappa shape index (κ2) is 11.1. The smallest absolute Gasteiger partial charge is 0.264 e. The van der Waals surface area contributed by atoms with E-state index in [1.807, 2.05) is 38.1 Å². The predicted molar refractivity (Wildman–Crippen MR) is 136 cm³/mol. The molecular weight excluding hydrogens is 495 g/mol. The third kappa shape index (κ3) is 6.65. The number of ether oxygens (including phenoxy) is 1. The summed E-state index contributed by atoms with van der Waals surface area (Å²) in [5.74, 6) is 0.230. The number of carbonyl (C=O) groups excluding carboxylic acids is 1. The average Bonchev–Trinajstić information content (AvgIpc) is 2.76. The Balaban J connectivity index is 1.80. The summed E-state index contributed by atoms with van der Waals surface area (Å²) in [5.41, 5.74) is 2.09.